The van der Waals surface area contributed by atoms with Crippen LogP contribution in [0.4, 0.5) is 30.7 Å². The number of alkyl halides is 6. The summed E-state index contributed by atoms with van der Waals surface area (Å²) in [4.78, 5) is 18.1. The van der Waals surface area contributed by atoms with Crippen LogP contribution in [0.25, 0.3) is 11.3 Å². The summed E-state index contributed by atoms with van der Waals surface area (Å²) < 4.78 is 91.0. The molecule has 0 radical (unpaired) electrons. The largest absolute Gasteiger partial charge is 0.400 e. The lowest BCUT2D eigenvalue weighted by Gasteiger charge is -2.35. The van der Waals surface area contributed by atoms with Gasteiger partial charge in [-0.3, -0.25) is 9.80 Å². The Morgan fingerprint density at radius 2 is 1.65 bits per heavy atom. The van der Waals surface area contributed by atoms with E-state index in [1.165, 1.54) is 23.5 Å². The zero-order valence-corrected chi connectivity index (χ0v) is 23.4. The molecule has 0 bridgehead atoms. The normalized spacial score (nSPS) is 16.2. The monoisotopic (exact) mass is 592 g/mol. The van der Waals surface area contributed by atoms with Crippen molar-refractivity contribution < 1.29 is 35.5 Å². The van der Waals surface area contributed by atoms with Gasteiger partial charge in [-0.05, 0) is 64.8 Å². The molecule has 1 amide bonds. The molecule has 1 aliphatic rings. The molecule has 1 aromatic heterocycles. The summed E-state index contributed by atoms with van der Waals surface area (Å²) in [5.74, 6) is -5.36. The maximum atomic E-state index is 13.6. The van der Waals surface area contributed by atoms with E-state index in [0.717, 1.165) is 16.2 Å². The van der Waals surface area contributed by atoms with Crippen molar-refractivity contribution in [2.75, 3.05) is 13.1 Å². The minimum atomic E-state index is -5.55. The first kappa shape index (κ1) is 31.6. The van der Waals surface area contributed by atoms with Gasteiger partial charge in [0.25, 0.3) is 0 Å². The highest BCUT2D eigenvalue weighted by molar-refractivity contribution is 7.10. The van der Waals surface area contributed by atoms with E-state index in [1.54, 1.807) is 17.1 Å². The van der Waals surface area contributed by atoms with E-state index in [1.807, 2.05) is 33.1 Å². The molecule has 0 saturated carbocycles. The molecule has 13 heteroatoms. The Hall–Kier alpha value is -2.96. The van der Waals surface area contributed by atoms with Crippen LogP contribution >= 0.6 is 11.3 Å². The third-order valence-corrected chi connectivity index (χ3v) is 7.72. The lowest BCUT2D eigenvalue weighted by Crippen LogP contribution is -2.44. The molecule has 40 heavy (non-hydrogen) atoms. The molecule has 1 fully saturated rings. The molecule has 2 aromatic rings. The predicted octanol–water partition coefficient (Wildman–Crippen LogP) is 7.72. The number of likely N-dealkylation sites (tertiary alicyclic amines) is 1. The molecule has 5 nitrogen and oxygen atoms in total. The number of hydrogen-bond donors (Lipinski definition) is 0. The molecule has 1 aromatic carbocycles. The van der Waals surface area contributed by atoms with Gasteiger partial charge in [-0.15, -0.1) is 11.3 Å². The number of thiazole rings is 1. The summed E-state index contributed by atoms with van der Waals surface area (Å²) in [5, 5.41) is 8.47. The molecule has 220 valence electrons. The van der Waals surface area contributed by atoms with E-state index in [2.05, 4.69) is 11.8 Å². The van der Waals surface area contributed by atoms with E-state index in [0.29, 0.717) is 29.1 Å². The van der Waals surface area contributed by atoms with Gasteiger partial charge in [0.15, 0.2) is 5.92 Å². The minimum absolute atomic E-state index is 0.0344. The van der Waals surface area contributed by atoms with Crippen LogP contribution in [-0.4, -0.2) is 58.5 Å². The molecule has 0 atom stereocenters. The highest BCUT2D eigenvalue weighted by Crippen LogP contribution is 2.42. The first-order chi connectivity index (χ1) is 18.4. The number of allylic oxidation sites excluding steroid dienone is 1. The van der Waals surface area contributed by atoms with Crippen LogP contribution in [0.15, 0.2) is 34.7 Å². The minimum Gasteiger partial charge on any atom is -0.343 e. The number of carbonyl (C=O) groups is 1. The molecule has 1 saturated heterocycles. The molecular formula is C27H31F7N4OS. The van der Waals surface area contributed by atoms with Gasteiger partial charge in [-0.2, -0.15) is 31.4 Å². The second-order valence-electron chi connectivity index (χ2n) is 10.7. The summed E-state index contributed by atoms with van der Waals surface area (Å²) >= 11 is 1.37. The Morgan fingerprint density at radius 3 is 2.12 bits per heavy atom. The van der Waals surface area contributed by atoms with Crippen molar-refractivity contribution in [2.45, 2.75) is 70.8 Å². The number of halogens is 7. The van der Waals surface area contributed by atoms with Crippen LogP contribution in [0.2, 0.25) is 0 Å². The fraction of sp³-hybridized carbons (Fsp3) is 0.519. The number of hydrogen-bond acceptors (Lipinski definition) is 5. The summed E-state index contributed by atoms with van der Waals surface area (Å²) in [7, 11) is 0. The van der Waals surface area contributed by atoms with Gasteiger partial charge in [-0.25, -0.2) is 9.37 Å². The van der Waals surface area contributed by atoms with E-state index >= 15 is 0 Å². The number of aromatic nitrogens is 1. The first-order valence-corrected chi connectivity index (χ1v) is 13.4. The Balaban J connectivity index is 1.80. The number of rotatable bonds is 7. The molecule has 0 N–H and O–H groups in total. The van der Waals surface area contributed by atoms with Crippen molar-refractivity contribution in [3.63, 3.8) is 0 Å². The Morgan fingerprint density at radius 1 is 1.10 bits per heavy atom. The van der Waals surface area contributed by atoms with Gasteiger partial charge in [0.05, 0.1) is 16.9 Å². The fourth-order valence-corrected chi connectivity index (χ4v) is 5.53. The third kappa shape index (κ3) is 7.41. The standard InChI is InChI=1S/C27H31F7N4OS/c1-16(23(38(35-5)25(2,3)4)18-6-8-19(28)9-7-18)24-36-20(15-40-24)17-10-12-37(13-11-17)22(39)14-21(26(29,30)31)27(32,33)34/h6-9,15,17,21H,5,10-14H2,1-4H3/b23-16+. The number of hydrazone groups is 1. The summed E-state index contributed by atoms with van der Waals surface area (Å²) in [6.45, 7) is 11.5. The number of piperidine rings is 1. The quantitative estimate of drug-likeness (QED) is 0.188. The highest BCUT2D eigenvalue weighted by Gasteiger charge is 2.57. The van der Waals surface area contributed by atoms with Gasteiger partial charge in [0.2, 0.25) is 5.91 Å². The third-order valence-electron chi connectivity index (χ3n) is 6.74. The topological polar surface area (TPSA) is 48.8 Å². The number of carbonyl (C=O) groups excluding carboxylic acids is 1. The van der Waals surface area contributed by atoms with Gasteiger partial charge < -0.3 is 4.90 Å². The second-order valence-corrected chi connectivity index (χ2v) is 11.5. The zero-order chi connectivity index (χ0) is 30.0. The maximum Gasteiger partial charge on any atom is 0.400 e. The lowest BCUT2D eigenvalue weighted by atomic mass is 9.93. The maximum absolute atomic E-state index is 13.6. The van der Waals surface area contributed by atoms with Crippen molar-refractivity contribution >= 4 is 35.2 Å². The lowest BCUT2D eigenvalue weighted by molar-refractivity contribution is -0.284. The predicted molar refractivity (Wildman–Crippen MR) is 141 cm³/mol. The van der Waals surface area contributed by atoms with Crippen LogP contribution in [0.1, 0.15) is 69.1 Å². The number of benzene rings is 1. The fourth-order valence-electron chi connectivity index (χ4n) is 4.62. The molecular weight excluding hydrogens is 561 g/mol. The Bertz CT molecular complexity index is 1210. The Kier molecular flexibility index (Phi) is 9.37. The van der Waals surface area contributed by atoms with Crippen molar-refractivity contribution in [2.24, 2.45) is 11.0 Å². The van der Waals surface area contributed by atoms with Crippen LogP contribution in [0.3, 0.4) is 0 Å². The van der Waals surface area contributed by atoms with E-state index < -0.39 is 36.1 Å². The van der Waals surface area contributed by atoms with Crippen LogP contribution in [-0.2, 0) is 4.79 Å². The molecule has 3 rings (SSSR count). The number of amides is 1. The highest BCUT2D eigenvalue weighted by atomic mass is 32.1. The van der Waals surface area contributed by atoms with E-state index in [-0.39, 0.29) is 24.8 Å². The average molecular weight is 593 g/mol. The van der Waals surface area contributed by atoms with Gasteiger partial charge in [0, 0.05) is 48.7 Å². The number of nitrogens with zero attached hydrogens (tertiary/aromatic N) is 4. The molecule has 2 heterocycles. The summed E-state index contributed by atoms with van der Waals surface area (Å²) in [6, 6.07) is 5.98. The average Bonchev–Trinajstić information content (AvgIpc) is 3.34. The summed E-state index contributed by atoms with van der Waals surface area (Å²) in [6.07, 6.45) is -12.0. The molecule has 0 unspecified atom stereocenters. The van der Waals surface area contributed by atoms with Gasteiger partial charge in [0.1, 0.15) is 10.8 Å². The smallest absolute Gasteiger partial charge is 0.343 e. The van der Waals surface area contributed by atoms with Crippen molar-refractivity contribution in [3.8, 4) is 0 Å². The summed E-state index contributed by atoms with van der Waals surface area (Å²) in [5.41, 5.74) is 2.42. The SMILES string of the molecule is C=NN(/C(=C(\C)c1nc(C2CCN(C(=O)CC(C(F)(F)F)C(F)(F)F)CC2)cs1)c1ccc(F)cc1)C(C)(C)C. The van der Waals surface area contributed by atoms with Crippen molar-refractivity contribution in [1.29, 1.82) is 0 Å². The van der Waals surface area contributed by atoms with Crippen LogP contribution < -0.4 is 0 Å². The van der Waals surface area contributed by atoms with Crippen molar-refractivity contribution in [3.05, 3.63) is 51.7 Å². The van der Waals surface area contributed by atoms with Crippen molar-refractivity contribution in [1.82, 2.24) is 14.9 Å². The Labute approximate surface area is 232 Å². The van der Waals surface area contributed by atoms with Crippen LogP contribution in [0, 0.1) is 11.7 Å². The van der Waals surface area contributed by atoms with E-state index in [9.17, 15) is 35.5 Å². The van der Waals surface area contributed by atoms with Gasteiger partial charge in [-0.1, -0.05) is 0 Å². The van der Waals surface area contributed by atoms with Crippen LogP contribution in [0.5, 0.6) is 0 Å². The zero-order valence-electron chi connectivity index (χ0n) is 22.5. The first-order valence-electron chi connectivity index (χ1n) is 12.5. The molecule has 1 aliphatic heterocycles. The molecule has 0 spiro atoms. The van der Waals surface area contributed by atoms with E-state index in [4.69, 9.17) is 4.98 Å². The van der Waals surface area contributed by atoms with Gasteiger partial charge >= 0.3 is 12.4 Å². The molecule has 0 aliphatic carbocycles. The second kappa shape index (κ2) is 11.9.